The van der Waals surface area contributed by atoms with E-state index in [2.05, 4.69) is 17.2 Å². The fourth-order valence-corrected chi connectivity index (χ4v) is 2.42. The van der Waals surface area contributed by atoms with Crippen LogP contribution in [0.1, 0.15) is 21.6 Å². The van der Waals surface area contributed by atoms with Crippen molar-refractivity contribution in [3.8, 4) is 11.3 Å². The van der Waals surface area contributed by atoms with Crippen LogP contribution in [0.25, 0.3) is 11.3 Å². The van der Waals surface area contributed by atoms with Gasteiger partial charge in [0.1, 0.15) is 5.69 Å². The number of carbonyl (C=O) groups is 1. The first-order valence-electron chi connectivity index (χ1n) is 7.44. The third-order valence-corrected chi connectivity index (χ3v) is 3.70. The smallest absolute Gasteiger partial charge is 0.356 e. The second-order valence-electron chi connectivity index (χ2n) is 5.42. The molecule has 0 bridgehead atoms. The lowest BCUT2D eigenvalue weighted by atomic mass is 10.1. The molecule has 23 heavy (non-hydrogen) atoms. The van der Waals surface area contributed by atoms with E-state index in [0.717, 1.165) is 16.8 Å². The van der Waals surface area contributed by atoms with Crippen LogP contribution < -0.4 is 0 Å². The average Bonchev–Trinajstić information content (AvgIpc) is 3.01. The van der Waals surface area contributed by atoms with Gasteiger partial charge in [-0.2, -0.15) is 5.10 Å². The summed E-state index contributed by atoms with van der Waals surface area (Å²) in [6.07, 6.45) is 0. The van der Waals surface area contributed by atoms with E-state index < -0.39 is 0 Å². The van der Waals surface area contributed by atoms with Crippen molar-refractivity contribution in [2.24, 2.45) is 0 Å². The van der Waals surface area contributed by atoms with E-state index in [0.29, 0.717) is 12.2 Å². The Morgan fingerprint density at radius 2 is 1.78 bits per heavy atom. The first-order chi connectivity index (χ1) is 11.2. The second kappa shape index (κ2) is 6.48. The van der Waals surface area contributed by atoms with Gasteiger partial charge in [-0.25, -0.2) is 4.79 Å². The maximum atomic E-state index is 12.0. The SMILES string of the molecule is COC(=O)c1cc(-c2ccccc2)nn1Cc1ccc(C)cc1. The molecule has 3 rings (SSSR count). The number of aromatic nitrogens is 2. The molecule has 4 heteroatoms. The molecule has 0 saturated carbocycles. The summed E-state index contributed by atoms with van der Waals surface area (Å²) in [7, 11) is 1.38. The number of benzene rings is 2. The number of aryl methyl sites for hydroxylation is 1. The molecule has 4 nitrogen and oxygen atoms in total. The zero-order valence-electron chi connectivity index (χ0n) is 13.2. The minimum atomic E-state index is -0.383. The summed E-state index contributed by atoms with van der Waals surface area (Å²) < 4.78 is 6.58. The molecule has 2 aromatic carbocycles. The predicted molar refractivity (Wildman–Crippen MR) is 89.3 cm³/mol. The van der Waals surface area contributed by atoms with Crippen LogP contribution in [0.5, 0.6) is 0 Å². The predicted octanol–water partition coefficient (Wildman–Crippen LogP) is 3.69. The Hall–Kier alpha value is -2.88. The Kier molecular flexibility index (Phi) is 4.24. The molecule has 0 unspecified atom stereocenters. The summed E-state index contributed by atoms with van der Waals surface area (Å²) in [6, 6.07) is 19.8. The molecule has 116 valence electrons. The maximum absolute atomic E-state index is 12.0. The highest BCUT2D eigenvalue weighted by Gasteiger charge is 2.16. The number of carbonyl (C=O) groups excluding carboxylic acids is 1. The number of methoxy groups -OCH3 is 1. The fraction of sp³-hybridized carbons (Fsp3) is 0.158. The minimum Gasteiger partial charge on any atom is -0.464 e. The van der Waals surface area contributed by atoms with Gasteiger partial charge < -0.3 is 4.74 Å². The molecule has 3 aromatic rings. The zero-order chi connectivity index (χ0) is 16.2. The van der Waals surface area contributed by atoms with Gasteiger partial charge in [-0.1, -0.05) is 60.2 Å². The van der Waals surface area contributed by atoms with Gasteiger partial charge in [-0.05, 0) is 18.6 Å². The van der Waals surface area contributed by atoms with E-state index in [1.807, 2.05) is 49.4 Å². The van der Waals surface area contributed by atoms with Crippen molar-refractivity contribution in [3.05, 3.63) is 77.5 Å². The van der Waals surface area contributed by atoms with Crippen LogP contribution in [0, 0.1) is 6.92 Å². The number of esters is 1. The molecule has 0 radical (unpaired) electrons. The first-order valence-corrected chi connectivity index (χ1v) is 7.44. The molecule has 0 spiro atoms. The molecule has 0 fully saturated rings. The minimum absolute atomic E-state index is 0.383. The van der Waals surface area contributed by atoms with Crippen molar-refractivity contribution in [1.29, 1.82) is 0 Å². The van der Waals surface area contributed by atoms with Crippen LogP contribution in [-0.4, -0.2) is 22.9 Å². The molecule has 0 aliphatic heterocycles. The van der Waals surface area contributed by atoms with E-state index >= 15 is 0 Å². The van der Waals surface area contributed by atoms with E-state index in [9.17, 15) is 4.79 Å². The Morgan fingerprint density at radius 3 is 2.43 bits per heavy atom. The molecule has 0 aliphatic rings. The monoisotopic (exact) mass is 306 g/mol. The van der Waals surface area contributed by atoms with E-state index in [-0.39, 0.29) is 5.97 Å². The standard InChI is InChI=1S/C19H18N2O2/c1-14-8-10-15(11-9-14)13-21-18(19(22)23-2)12-17(20-21)16-6-4-3-5-7-16/h3-12H,13H2,1-2H3. The van der Waals surface area contributed by atoms with Crippen LogP contribution in [-0.2, 0) is 11.3 Å². The van der Waals surface area contributed by atoms with Crippen LogP contribution >= 0.6 is 0 Å². The van der Waals surface area contributed by atoms with Gasteiger partial charge in [0.05, 0.1) is 19.3 Å². The summed E-state index contributed by atoms with van der Waals surface area (Å²) in [6.45, 7) is 2.57. The van der Waals surface area contributed by atoms with Gasteiger partial charge in [-0.3, -0.25) is 4.68 Å². The lowest BCUT2D eigenvalue weighted by Gasteiger charge is -2.06. The molecule has 1 aromatic heterocycles. The van der Waals surface area contributed by atoms with Crippen LogP contribution in [0.3, 0.4) is 0 Å². The van der Waals surface area contributed by atoms with Gasteiger partial charge in [0, 0.05) is 5.56 Å². The Labute approximate surface area is 135 Å². The molecule has 0 saturated heterocycles. The van der Waals surface area contributed by atoms with Gasteiger partial charge in [0.15, 0.2) is 0 Å². The molecule has 0 aliphatic carbocycles. The van der Waals surface area contributed by atoms with Crippen molar-refractivity contribution in [2.75, 3.05) is 7.11 Å². The summed E-state index contributed by atoms with van der Waals surface area (Å²) >= 11 is 0. The van der Waals surface area contributed by atoms with E-state index in [1.54, 1.807) is 10.7 Å². The number of rotatable bonds is 4. The maximum Gasteiger partial charge on any atom is 0.356 e. The third-order valence-electron chi connectivity index (χ3n) is 3.70. The third kappa shape index (κ3) is 3.31. The summed E-state index contributed by atoms with van der Waals surface area (Å²) in [4.78, 5) is 12.0. The van der Waals surface area contributed by atoms with E-state index in [1.165, 1.54) is 12.7 Å². The molecule has 0 atom stereocenters. The number of nitrogens with zero attached hydrogens (tertiary/aromatic N) is 2. The fourth-order valence-electron chi connectivity index (χ4n) is 2.42. The number of ether oxygens (including phenoxy) is 1. The van der Waals surface area contributed by atoms with Crippen molar-refractivity contribution >= 4 is 5.97 Å². The van der Waals surface area contributed by atoms with Gasteiger partial charge in [0.2, 0.25) is 0 Å². The van der Waals surface area contributed by atoms with Gasteiger partial charge in [-0.15, -0.1) is 0 Å². The van der Waals surface area contributed by atoms with Gasteiger partial charge in [0.25, 0.3) is 0 Å². The van der Waals surface area contributed by atoms with Crippen LogP contribution in [0.15, 0.2) is 60.7 Å². The largest absolute Gasteiger partial charge is 0.464 e. The van der Waals surface area contributed by atoms with Crippen molar-refractivity contribution in [1.82, 2.24) is 9.78 Å². The lowest BCUT2D eigenvalue weighted by molar-refractivity contribution is 0.0587. The number of hydrogen-bond acceptors (Lipinski definition) is 3. The molecule has 0 N–H and O–H groups in total. The Balaban J connectivity index is 1.98. The first kappa shape index (κ1) is 15.0. The highest BCUT2D eigenvalue weighted by atomic mass is 16.5. The quantitative estimate of drug-likeness (QED) is 0.690. The second-order valence-corrected chi connectivity index (χ2v) is 5.42. The molecular weight excluding hydrogens is 288 g/mol. The summed E-state index contributed by atoms with van der Waals surface area (Å²) in [5.74, 6) is -0.383. The molecule has 1 heterocycles. The number of hydrogen-bond donors (Lipinski definition) is 0. The normalized spacial score (nSPS) is 10.5. The van der Waals surface area contributed by atoms with Crippen molar-refractivity contribution < 1.29 is 9.53 Å². The molecule has 0 amide bonds. The van der Waals surface area contributed by atoms with Gasteiger partial charge >= 0.3 is 5.97 Å². The van der Waals surface area contributed by atoms with E-state index in [4.69, 9.17) is 4.74 Å². The van der Waals surface area contributed by atoms with Crippen molar-refractivity contribution in [2.45, 2.75) is 13.5 Å². The molecular formula is C19H18N2O2. The highest BCUT2D eigenvalue weighted by molar-refractivity contribution is 5.89. The highest BCUT2D eigenvalue weighted by Crippen LogP contribution is 2.20. The van der Waals surface area contributed by atoms with Crippen LogP contribution in [0.4, 0.5) is 0 Å². The lowest BCUT2D eigenvalue weighted by Crippen LogP contribution is -2.12. The van der Waals surface area contributed by atoms with Crippen LogP contribution in [0.2, 0.25) is 0 Å². The zero-order valence-corrected chi connectivity index (χ0v) is 13.2. The average molecular weight is 306 g/mol. The van der Waals surface area contributed by atoms with Crippen molar-refractivity contribution in [3.63, 3.8) is 0 Å². The Morgan fingerprint density at radius 1 is 1.09 bits per heavy atom. The summed E-state index contributed by atoms with van der Waals surface area (Å²) in [5.41, 5.74) is 4.47. The topological polar surface area (TPSA) is 44.1 Å². The summed E-state index contributed by atoms with van der Waals surface area (Å²) in [5, 5.41) is 4.58. The Bertz CT molecular complexity index is 805.